The van der Waals surface area contributed by atoms with Crippen LogP contribution in [0.5, 0.6) is 11.5 Å². The molecule has 0 saturated heterocycles. The number of ether oxygens (including phenoxy) is 1. The molecule has 0 unspecified atom stereocenters. The molecule has 4 rings (SSSR count). The van der Waals surface area contributed by atoms with E-state index in [-0.39, 0.29) is 23.7 Å². The van der Waals surface area contributed by atoms with Crippen LogP contribution >= 0.6 is 0 Å². The summed E-state index contributed by atoms with van der Waals surface area (Å²) in [5.74, 6) is 0.201. The third-order valence-electron chi connectivity index (χ3n) is 5.38. The summed E-state index contributed by atoms with van der Waals surface area (Å²) in [5, 5.41) is 22.3. The summed E-state index contributed by atoms with van der Waals surface area (Å²) in [6.07, 6.45) is 5.12. The molecular weight excluding hydrogens is 455 g/mol. The van der Waals surface area contributed by atoms with E-state index in [1.807, 2.05) is 13.2 Å². The average molecular weight is 481 g/mol. The normalized spacial score (nSPS) is 11.4. The van der Waals surface area contributed by atoms with Crippen LogP contribution in [0.3, 0.4) is 0 Å². The lowest BCUT2D eigenvalue weighted by Gasteiger charge is -2.16. The smallest absolute Gasteiger partial charge is 0.326 e. The van der Waals surface area contributed by atoms with Crippen molar-refractivity contribution in [2.45, 2.75) is 26.2 Å². The minimum atomic E-state index is -0.711. The van der Waals surface area contributed by atoms with Crippen molar-refractivity contribution >= 4 is 17.6 Å². The highest BCUT2D eigenvalue weighted by Gasteiger charge is 2.24. The van der Waals surface area contributed by atoms with E-state index in [4.69, 9.17) is 9.26 Å². The molecule has 3 aromatic heterocycles. The van der Waals surface area contributed by atoms with Crippen LogP contribution in [0.15, 0.2) is 53.4 Å². The third-order valence-corrected chi connectivity index (χ3v) is 5.38. The number of aliphatic hydroxyl groups is 1. The van der Waals surface area contributed by atoms with E-state index < -0.39 is 17.3 Å². The van der Waals surface area contributed by atoms with Crippen molar-refractivity contribution in [3.05, 3.63) is 66.0 Å². The van der Waals surface area contributed by atoms with E-state index in [2.05, 4.69) is 25.9 Å². The largest absolute Gasteiger partial charge is 0.457 e. The number of pyridine rings is 1. The zero-order valence-electron chi connectivity index (χ0n) is 19.7. The van der Waals surface area contributed by atoms with Crippen LogP contribution in [-0.2, 0) is 12.5 Å². The summed E-state index contributed by atoms with van der Waals surface area (Å²) in [6, 6.07) is 7.16. The summed E-state index contributed by atoms with van der Waals surface area (Å²) < 4.78 is 27.6. The fourth-order valence-corrected chi connectivity index (χ4v) is 3.19. The lowest BCUT2D eigenvalue weighted by atomic mass is 9.91. The number of urea groups is 1. The Morgan fingerprint density at radius 3 is 2.77 bits per heavy atom. The lowest BCUT2D eigenvalue weighted by molar-refractivity contribution is 0.210. The van der Waals surface area contributed by atoms with Gasteiger partial charge in [-0.15, -0.1) is 0 Å². The number of amides is 2. The number of anilines is 2. The molecule has 3 heterocycles. The second-order valence-corrected chi connectivity index (χ2v) is 8.63. The Kier molecular flexibility index (Phi) is 6.52. The predicted octanol–water partition coefficient (Wildman–Crippen LogP) is 4.62. The third kappa shape index (κ3) is 5.30. The van der Waals surface area contributed by atoms with Gasteiger partial charge in [0.25, 0.3) is 0 Å². The number of halogens is 1. The Balaban J connectivity index is 1.45. The summed E-state index contributed by atoms with van der Waals surface area (Å²) in [7, 11) is 1.81. The van der Waals surface area contributed by atoms with Gasteiger partial charge in [-0.25, -0.2) is 9.18 Å². The first-order chi connectivity index (χ1) is 16.7. The molecule has 0 saturated carbocycles. The average Bonchev–Trinajstić information content (AvgIpc) is 3.48. The number of benzene rings is 1. The summed E-state index contributed by atoms with van der Waals surface area (Å²) in [5.41, 5.74) is 1.52. The van der Waals surface area contributed by atoms with E-state index in [0.717, 1.165) is 5.56 Å². The van der Waals surface area contributed by atoms with Crippen LogP contribution in [0.1, 0.15) is 25.1 Å². The van der Waals surface area contributed by atoms with Crippen molar-refractivity contribution in [1.82, 2.24) is 19.9 Å². The number of carbonyl (C=O) groups is 1. The molecule has 0 aliphatic carbocycles. The van der Waals surface area contributed by atoms with Crippen LogP contribution in [0, 0.1) is 12.7 Å². The molecule has 35 heavy (non-hydrogen) atoms. The molecule has 0 bridgehead atoms. The van der Waals surface area contributed by atoms with E-state index in [1.165, 1.54) is 12.1 Å². The van der Waals surface area contributed by atoms with Gasteiger partial charge in [-0.05, 0) is 25.1 Å². The highest BCUT2D eigenvalue weighted by Crippen LogP contribution is 2.32. The highest BCUT2D eigenvalue weighted by atomic mass is 19.1. The number of carbonyl (C=O) groups excluding carboxylic acids is 1. The van der Waals surface area contributed by atoms with Gasteiger partial charge in [0.15, 0.2) is 5.82 Å². The number of aliphatic hydroxyl groups excluding tert-OH is 1. The number of hydrogen-bond donors (Lipinski definition) is 3. The molecule has 0 radical (unpaired) electrons. The SMILES string of the molecule is Cc1c(Oc2ccnc(-c3cnn(C)c3)c2)ccc(NC(=O)Nc2cc(C(C)(C)CO)no2)c1F. The van der Waals surface area contributed by atoms with Crippen LogP contribution in [-0.4, -0.2) is 37.7 Å². The van der Waals surface area contributed by atoms with Crippen molar-refractivity contribution in [2.24, 2.45) is 7.05 Å². The molecule has 11 heteroatoms. The Labute approximate surface area is 200 Å². The maximum atomic E-state index is 15.0. The molecule has 182 valence electrons. The number of nitrogens with zero attached hydrogens (tertiary/aromatic N) is 4. The molecule has 0 spiro atoms. The molecule has 10 nitrogen and oxygen atoms in total. The number of rotatable bonds is 7. The Bertz CT molecular complexity index is 1360. The molecule has 0 aliphatic heterocycles. The summed E-state index contributed by atoms with van der Waals surface area (Å²) in [6.45, 7) is 4.97. The van der Waals surface area contributed by atoms with Gasteiger partial charge in [-0.2, -0.15) is 5.10 Å². The predicted molar refractivity (Wildman–Crippen MR) is 127 cm³/mol. The van der Waals surface area contributed by atoms with Gasteiger partial charge in [-0.3, -0.25) is 15.0 Å². The van der Waals surface area contributed by atoms with Crippen molar-refractivity contribution in [3.63, 3.8) is 0 Å². The quantitative estimate of drug-likeness (QED) is 0.352. The number of aromatic nitrogens is 4. The topological polar surface area (TPSA) is 127 Å². The minimum absolute atomic E-state index is 0.0337. The van der Waals surface area contributed by atoms with Gasteiger partial charge >= 0.3 is 6.03 Å². The van der Waals surface area contributed by atoms with Crippen LogP contribution in [0.2, 0.25) is 0 Å². The standard InChI is InChI=1S/C24H25FN6O4/c1-14-19(34-16-7-8-26-18(9-16)15-11-27-31(4)12-15)6-5-17(22(14)25)28-23(33)29-21-10-20(30-35-21)24(2,3)13-32/h5-12,32H,13H2,1-4H3,(H2,28,29,33). The van der Waals surface area contributed by atoms with Crippen LogP contribution < -0.4 is 15.4 Å². The zero-order valence-corrected chi connectivity index (χ0v) is 19.7. The van der Waals surface area contributed by atoms with Crippen LogP contribution in [0.4, 0.5) is 20.8 Å². The highest BCUT2D eigenvalue weighted by molar-refractivity contribution is 5.99. The van der Waals surface area contributed by atoms with Crippen molar-refractivity contribution < 1.29 is 23.6 Å². The van der Waals surface area contributed by atoms with E-state index in [9.17, 15) is 9.90 Å². The molecule has 0 atom stereocenters. The first kappa shape index (κ1) is 23.9. The number of nitrogens with one attached hydrogen (secondary N) is 2. The van der Waals surface area contributed by atoms with Gasteiger partial charge in [0.05, 0.1) is 29.9 Å². The maximum Gasteiger partial charge on any atom is 0.326 e. The molecule has 1 aromatic carbocycles. The van der Waals surface area contributed by atoms with E-state index >= 15 is 4.39 Å². The van der Waals surface area contributed by atoms with Crippen molar-refractivity contribution in [2.75, 3.05) is 17.2 Å². The number of aryl methyl sites for hydroxylation is 1. The Hall–Kier alpha value is -4.25. The second kappa shape index (κ2) is 9.55. The van der Waals surface area contributed by atoms with Crippen molar-refractivity contribution in [3.8, 4) is 22.8 Å². The van der Waals surface area contributed by atoms with E-state index in [0.29, 0.717) is 22.9 Å². The van der Waals surface area contributed by atoms with Crippen LogP contribution in [0.25, 0.3) is 11.3 Å². The monoisotopic (exact) mass is 480 g/mol. The van der Waals surface area contributed by atoms with Gasteiger partial charge in [0.2, 0.25) is 5.88 Å². The molecule has 2 amide bonds. The van der Waals surface area contributed by atoms with Gasteiger partial charge < -0.3 is 19.7 Å². The summed E-state index contributed by atoms with van der Waals surface area (Å²) >= 11 is 0. The summed E-state index contributed by atoms with van der Waals surface area (Å²) in [4.78, 5) is 16.7. The van der Waals surface area contributed by atoms with Gasteiger partial charge in [0, 0.05) is 48.1 Å². The maximum absolute atomic E-state index is 15.0. The van der Waals surface area contributed by atoms with Gasteiger partial charge in [-0.1, -0.05) is 19.0 Å². The molecule has 4 aromatic rings. The fourth-order valence-electron chi connectivity index (χ4n) is 3.19. The Morgan fingerprint density at radius 1 is 1.26 bits per heavy atom. The molecular formula is C24H25FN6O4. The molecule has 3 N–H and O–H groups in total. The molecule has 0 fully saturated rings. The Morgan fingerprint density at radius 2 is 2.06 bits per heavy atom. The molecule has 0 aliphatic rings. The lowest BCUT2D eigenvalue weighted by Crippen LogP contribution is -2.22. The first-order valence-electron chi connectivity index (χ1n) is 10.7. The first-order valence-corrected chi connectivity index (χ1v) is 10.7. The minimum Gasteiger partial charge on any atom is -0.457 e. The zero-order chi connectivity index (χ0) is 25.2. The number of hydrogen-bond acceptors (Lipinski definition) is 7. The second-order valence-electron chi connectivity index (χ2n) is 8.63. The van der Waals surface area contributed by atoms with E-state index in [1.54, 1.807) is 56.0 Å². The van der Waals surface area contributed by atoms with Gasteiger partial charge in [0.1, 0.15) is 11.5 Å². The van der Waals surface area contributed by atoms with Crippen molar-refractivity contribution in [1.29, 1.82) is 0 Å². The fraction of sp³-hybridized carbons (Fsp3) is 0.250.